The third kappa shape index (κ3) is 4.86. The first-order valence-corrected chi connectivity index (χ1v) is 11.9. The second-order valence-corrected chi connectivity index (χ2v) is 8.71. The number of benzene rings is 3. The number of likely N-dealkylation sites (tertiary alicyclic amines) is 1. The van der Waals surface area contributed by atoms with E-state index in [4.69, 9.17) is 4.98 Å². The summed E-state index contributed by atoms with van der Waals surface area (Å²) in [6.07, 6.45) is 3.51. The number of hydrogen-bond donors (Lipinski definition) is 1. The summed E-state index contributed by atoms with van der Waals surface area (Å²) in [7, 11) is 0. The molecule has 2 heterocycles. The summed E-state index contributed by atoms with van der Waals surface area (Å²) in [5, 5.41) is 3.01. The Kier molecular flexibility index (Phi) is 6.38. The molecule has 3 aromatic carbocycles. The van der Waals surface area contributed by atoms with Crippen LogP contribution in [0.1, 0.15) is 37.1 Å². The second-order valence-electron chi connectivity index (χ2n) is 8.71. The second kappa shape index (κ2) is 9.91. The fourth-order valence-electron chi connectivity index (χ4n) is 4.55. The highest BCUT2D eigenvalue weighted by Crippen LogP contribution is 2.23. The van der Waals surface area contributed by atoms with Crippen molar-refractivity contribution in [2.24, 2.45) is 0 Å². The fourth-order valence-corrected chi connectivity index (χ4v) is 4.55. The van der Waals surface area contributed by atoms with E-state index >= 15 is 0 Å². The molecule has 1 fully saturated rings. The Labute approximate surface area is 199 Å². The van der Waals surface area contributed by atoms with Gasteiger partial charge in [-0.25, -0.2) is 4.98 Å². The Morgan fingerprint density at radius 2 is 1.76 bits per heavy atom. The number of para-hydroxylation sites is 3. The minimum Gasteiger partial charge on any atom is -0.338 e. The topological polar surface area (TPSA) is 67.2 Å². The maximum Gasteiger partial charge on any atom is 0.224 e. The van der Waals surface area contributed by atoms with Crippen molar-refractivity contribution in [3.63, 3.8) is 0 Å². The number of piperidine rings is 1. The maximum atomic E-state index is 12.8. The highest BCUT2D eigenvalue weighted by Gasteiger charge is 2.18. The van der Waals surface area contributed by atoms with Crippen LogP contribution in [0.4, 0.5) is 5.69 Å². The molecule has 0 saturated carbocycles. The van der Waals surface area contributed by atoms with Gasteiger partial charge in [0.25, 0.3) is 0 Å². The lowest BCUT2D eigenvalue weighted by molar-refractivity contribution is -0.133. The number of fused-ring (bicyclic) bond motifs is 1. The van der Waals surface area contributed by atoms with Gasteiger partial charge in [-0.3, -0.25) is 14.2 Å². The van der Waals surface area contributed by atoms with Crippen molar-refractivity contribution in [3.8, 4) is 5.69 Å². The molecule has 0 atom stereocenters. The summed E-state index contributed by atoms with van der Waals surface area (Å²) in [5.41, 5.74) is 4.76. The van der Waals surface area contributed by atoms with Gasteiger partial charge in [-0.2, -0.15) is 0 Å². The first-order chi connectivity index (χ1) is 16.7. The van der Waals surface area contributed by atoms with E-state index < -0.39 is 0 Å². The standard InChI is InChI=1S/C28H28N4O2/c33-27(29-22-10-8-9-21(19-22)20-31-18-7-6-15-28(31)34)17-16-26-30-24-13-4-5-14-25(24)32(26)23-11-2-1-3-12-23/h1-5,8-14,19H,6-7,15-18,20H2,(H,29,33). The molecular weight excluding hydrogens is 424 g/mol. The van der Waals surface area contributed by atoms with Gasteiger partial charge < -0.3 is 10.2 Å². The molecule has 0 spiro atoms. The number of aryl methyl sites for hydroxylation is 1. The molecule has 1 saturated heterocycles. The molecular formula is C28H28N4O2. The first kappa shape index (κ1) is 21.9. The van der Waals surface area contributed by atoms with Crippen LogP contribution in [0.5, 0.6) is 0 Å². The lowest BCUT2D eigenvalue weighted by atomic mass is 10.1. The number of nitrogens with zero attached hydrogens (tertiary/aromatic N) is 3. The maximum absolute atomic E-state index is 12.8. The smallest absolute Gasteiger partial charge is 0.224 e. The molecule has 1 aromatic heterocycles. The molecule has 34 heavy (non-hydrogen) atoms. The van der Waals surface area contributed by atoms with Crippen LogP contribution in [-0.4, -0.2) is 32.8 Å². The number of carbonyl (C=O) groups is 2. The van der Waals surface area contributed by atoms with Gasteiger partial charge in [0, 0.05) is 43.7 Å². The minimum atomic E-state index is -0.0575. The Morgan fingerprint density at radius 3 is 2.62 bits per heavy atom. The van der Waals surface area contributed by atoms with Crippen LogP contribution >= 0.6 is 0 Å². The molecule has 2 amide bonds. The molecule has 1 aliphatic heterocycles. The van der Waals surface area contributed by atoms with Crippen LogP contribution < -0.4 is 5.32 Å². The predicted molar refractivity (Wildman–Crippen MR) is 134 cm³/mol. The van der Waals surface area contributed by atoms with E-state index in [-0.39, 0.29) is 11.8 Å². The van der Waals surface area contributed by atoms with Gasteiger partial charge in [0.2, 0.25) is 11.8 Å². The molecule has 0 aliphatic carbocycles. The van der Waals surface area contributed by atoms with E-state index in [9.17, 15) is 9.59 Å². The summed E-state index contributed by atoms with van der Waals surface area (Å²) in [4.78, 5) is 31.6. The predicted octanol–water partition coefficient (Wildman–Crippen LogP) is 5.11. The summed E-state index contributed by atoms with van der Waals surface area (Å²) in [6.45, 7) is 1.39. The molecule has 6 nitrogen and oxygen atoms in total. The van der Waals surface area contributed by atoms with Gasteiger partial charge in [-0.15, -0.1) is 0 Å². The van der Waals surface area contributed by atoms with E-state index in [1.807, 2.05) is 65.6 Å². The fraction of sp³-hybridized carbons (Fsp3) is 0.250. The van der Waals surface area contributed by atoms with Crippen LogP contribution in [-0.2, 0) is 22.6 Å². The summed E-state index contributed by atoms with van der Waals surface area (Å²) < 4.78 is 2.12. The van der Waals surface area contributed by atoms with Gasteiger partial charge in [0.15, 0.2) is 0 Å². The zero-order valence-corrected chi connectivity index (χ0v) is 19.1. The van der Waals surface area contributed by atoms with Crippen LogP contribution in [0.3, 0.4) is 0 Å². The third-order valence-electron chi connectivity index (χ3n) is 6.23. The summed E-state index contributed by atoms with van der Waals surface area (Å²) in [6, 6.07) is 25.9. The van der Waals surface area contributed by atoms with Crippen LogP contribution in [0.15, 0.2) is 78.9 Å². The molecule has 0 bridgehead atoms. The zero-order valence-electron chi connectivity index (χ0n) is 19.1. The van der Waals surface area contributed by atoms with E-state index in [1.165, 1.54) is 0 Å². The van der Waals surface area contributed by atoms with E-state index in [0.29, 0.717) is 25.8 Å². The van der Waals surface area contributed by atoms with Crippen LogP contribution in [0.25, 0.3) is 16.7 Å². The first-order valence-electron chi connectivity index (χ1n) is 11.9. The number of hydrogen-bond acceptors (Lipinski definition) is 3. The largest absolute Gasteiger partial charge is 0.338 e. The van der Waals surface area contributed by atoms with Crippen molar-refractivity contribution >= 4 is 28.5 Å². The van der Waals surface area contributed by atoms with Crippen LogP contribution in [0.2, 0.25) is 0 Å². The van der Waals surface area contributed by atoms with E-state index in [2.05, 4.69) is 28.1 Å². The Balaban J connectivity index is 1.27. The molecule has 6 heteroatoms. The number of nitrogens with one attached hydrogen (secondary N) is 1. The summed E-state index contributed by atoms with van der Waals surface area (Å²) in [5.74, 6) is 1.01. The number of carbonyl (C=O) groups excluding carboxylic acids is 2. The van der Waals surface area contributed by atoms with Crippen LogP contribution in [0, 0.1) is 0 Å². The highest BCUT2D eigenvalue weighted by molar-refractivity contribution is 5.91. The van der Waals surface area contributed by atoms with Gasteiger partial charge in [0.05, 0.1) is 11.0 Å². The number of rotatable bonds is 7. The number of imidazole rings is 1. The average Bonchev–Trinajstić information content (AvgIpc) is 3.23. The number of anilines is 1. The third-order valence-corrected chi connectivity index (χ3v) is 6.23. The molecule has 172 valence electrons. The molecule has 5 rings (SSSR count). The average molecular weight is 453 g/mol. The van der Waals surface area contributed by atoms with Crippen molar-refractivity contribution < 1.29 is 9.59 Å². The minimum absolute atomic E-state index is 0.0575. The quantitative estimate of drug-likeness (QED) is 0.424. The summed E-state index contributed by atoms with van der Waals surface area (Å²) >= 11 is 0. The van der Waals surface area contributed by atoms with Crippen molar-refractivity contribution in [3.05, 3.63) is 90.3 Å². The number of amides is 2. The molecule has 1 N–H and O–H groups in total. The monoisotopic (exact) mass is 452 g/mol. The van der Waals surface area contributed by atoms with Crippen molar-refractivity contribution in [2.45, 2.75) is 38.6 Å². The lowest BCUT2D eigenvalue weighted by Gasteiger charge is -2.26. The Morgan fingerprint density at radius 1 is 0.941 bits per heavy atom. The molecule has 0 unspecified atom stereocenters. The highest BCUT2D eigenvalue weighted by atomic mass is 16.2. The SMILES string of the molecule is O=C(CCc1nc2ccccc2n1-c1ccccc1)Nc1cccc(CN2CCCCC2=O)c1. The van der Waals surface area contributed by atoms with Gasteiger partial charge >= 0.3 is 0 Å². The molecule has 0 radical (unpaired) electrons. The molecule has 1 aliphatic rings. The van der Waals surface area contributed by atoms with Crippen molar-refractivity contribution in [2.75, 3.05) is 11.9 Å². The van der Waals surface area contributed by atoms with Crippen molar-refractivity contribution in [1.29, 1.82) is 0 Å². The van der Waals surface area contributed by atoms with E-state index in [1.54, 1.807) is 0 Å². The van der Waals surface area contributed by atoms with E-state index in [0.717, 1.165) is 53.2 Å². The van der Waals surface area contributed by atoms with Gasteiger partial charge in [-0.1, -0.05) is 42.5 Å². The Bertz CT molecular complexity index is 1310. The normalized spacial score (nSPS) is 13.9. The number of aromatic nitrogens is 2. The zero-order chi connectivity index (χ0) is 23.3. The van der Waals surface area contributed by atoms with Crippen molar-refractivity contribution in [1.82, 2.24) is 14.5 Å². The lowest BCUT2D eigenvalue weighted by Crippen LogP contribution is -2.34. The van der Waals surface area contributed by atoms with Gasteiger partial charge in [0.1, 0.15) is 5.82 Å². The Hall–Kier alpha value is -3.93. The molecule has 4 aromatic rings. The van der Waals surface area contributed by atoms with Gasteiger partial charge in [-0.05, 0) is 54.8 Å².